The third kappa shape index (κ3) is 4.82. The Morgan fingerprint density at radius 1 is 1.00 bits per heavy atom. The molecule has 0 heterocycles. The van der Waals surface area contributed by atoms with Gasteiger partial charge in [0.1, 0.15) is 6.04 Å². The molecule has 2 aromatic rings. The molecule has 132 valence electrons. The fourth-order valence-electron chi connectivity index (χ4n) is 2.30. The molecule has 2 aromatic carbocycles. The maximum atomic E-state index is 12.2. The second-order valence-electron chi connectivity index (χ2n) is 5.47. The van der Waals surface area contributed by atoms with Crippen LogP contribution in [-0.4, -0.2) is 40.5 Å². The predicted molar refractivity (Wildman–Crippen MR) is 96.5 cm³/mol. The standard InChI is InChI=1S/C18H20N2O4S/c1-11(21)16(18(23)20-24)19-17(22)14-5-3-12(4-6-14)13-7-9-15(25-2)10-8-13/h3-11,16,21,24H,1-2H3,(H,19,22)(H,20,23)/t11-,16+/m1/s1. The highest BCUT2D eigenvalue weighted by molar-refractivity contribution is 7.98. The van der Waals surface area contributed by atoms with Crippen LogP contribution in [0.3, 0.4) is 0 Å². The average Bonchev–Trinajstić information content (AvgIpc) is 2.65. The lowest BCUT2D eigenvalue weighted by Crippen LogP contribution is -2.51. The molecule has 2 amide bonds. The van der Waals surface area contributed by atoms with Crippen LogP contribution in [0.15, 0.2) is 53.4 Å². The van der Waals surface area contributed by atoms with Gasteiger partial charge in [-0.3, -0.25) is 14.8 Å². The van der Waals surface area contributed by atoms with Crippen LogP contribution in [0.4, 0.5) is 0 Å². The van der Waals surface area contributed by atoms with E-state index in [4.69, 9.17) is 5.21 Å². The number of hydrogen-bond acceptors (Lipinski definition) is 5. The summed E-state index contributed by atoms with van der Waals surface area (Å²) < 4.78 is 0. The van der Waals surface area contributed by atoms with Crippen molar-refractivity contribution in [3.63, 3.8) is 0 Å². The van der Waals surface area contributed by atoms with Crippen molar-refractivity contribution in [2.45, 2.75) is 24.0 Å². The normalized spacial score (nSPS) is 13.0. The second kappa shape index (κ2) is 8.66. The van der Waals surface area contributed by atoms with Gasteiger partial charge in [-0.05, 0) is 48.6 Å². The Balaban J connectivity index is 2.12. The summed E-state index contributed by atoms with van der Waals surface area (Å²) in [7, 11) is 0. The Labute approximate surface area is 150 Å². The Hall–Kier alpha value is -2.35. The van der Waals surface area contributed by atoms with Crippen molar-refractivity contribution in [2.24, 2.45) is 0 Å². The van der Waals surface area contributed by atoms with Crippen molar-refractivity contribution in [1.82, 2.24) is 10.8 Å². The summed E-state index contributed by atoms with van der Waals surface area (Å²) in [5.74, 6) is -1.40. The van der Waals surface area contributed by atoms with E-state index in [-0.39, 0.29) is 0 Å². The Kier molecular flexibility index (Phi) is 6.58. The minimum atomic E-state index is -1.24. The van der Waals surface area contributed by atoms with Gasteiger partial charge in [0.25, 0.3) is 11.8 Å². The molecule has 0 aliphatic heterocycles. The van der Waals surface area contributed by atoms with Crippen molar-refractivity contribution < 1.29 is 19.9 Å². The first-order valence-corrected chi connectivity index (χ1v) is 8.86. The van der Waals surface area contributed by atoms with Crippen LogP contribution < -0.4 is 10.8 Å². The van der Waals surface area contributed by atoms with Gasteiger partial charge in [0.05, 0.1) is 6.10 Å². The zero-order chi connectivity index (χ0) is 18.4. The van der Waals surface area contributed by atoms with E-state index in [1.165, 1.54) is 17.3 Å². The van der Waals surface area contributed by atoms with Gasteiger partial charge in [-0.1, -0.05) is 24.3 Å². The van der Waals surface area contributed by atoms with Gasteiger partial charge in [-0.25, -0.2) is 5.48 Å². The number of benzene rings is 2. The first kappa shape index (κ1) is 19.0. The third-order valence-electron chi connectivity index (χ3n) is 3.73. The van der Waals surface area contributed by atoms with E-state index in [2.05, 4.69) is 5.32 Å². The van der Waals surface area contributed by atoms with E-state index < -0.39 is 24.0 Å². The van der Waals surface area contributed by atoms with Gasteiger partial charge in [0.15, 0.2) is 0 Å². The van der Waals surface area contributed by atoms with Gasteiger partial charge >= 0.3 is 0 Å². The number of aliphatic hydroxyl groups excluding tert-OH is 1. The minimum Gasteiger partial charge on any atom is -0.391 e. The largest absolute Gasteiger partial charge is 0.391 e. The summed E-state index contributed by atoms with van der Waals surface area (Å²) >= 11 is 1.67. The Bertz CT molecular complexity index is 730. The third-order valence-corrected chi connectivity index (χ3v) is 4.48. The molecule has 2 atom stereocenters. The smallest absolute Gasteiger partial charge is 0.268 e. The summed E-state index contributed by atoms with van der Waals surface area (Å²) in [6, 6.07) is 13.7. The number of amides is 2. The number of nitrogens with one attached hydrogen (secondary N) is 2. The molecular weight excluding hydrogens is 340 g/mol. The molecule has 0 radical (unpaired) electrons. The SMILES string of the molecule is CSc1ccc(-c2ccc(C(=O)N[C@H](C(=O)NO)[C@@H](C)O)cc2)cc1. The van der Waals surface area contributed by atoms with E-state index in [9.17, 15) is 14.7 Å². The fraction of sp³-hybridized carbons (Fsp3) is 0.222. The van der Waals surface area contributed by atoms with Crippen LogP contribution >= 0.6 is 11.8 Å². The fourth-order valence-corrected chi connectivity index (χ4v) is 2.71. The topological polar surface area (TPSA) is 98.7 Å². The lowest BCUT2D eigenvalue weighted by molar-refractivity contribution is -0.133. The number of hydroxylamine groups is 1. The zero-order valence-corrected chi connectivity index (χ0v) is 14.7. The highest BCUT2D eigenvalue weighted by Gasteiger charge is 2.25. The molecular formula is C18H20N2O4S. The monoisotopic (exact) mass is 360 g/mol. The number of rotatable bonds is 6. The molecule has 0 saturated heterocycles. The average molecular weight is 360 g/mol. The van der Waals surface area contributed by atoms with Gasteiger partial charge in [0.2, 0.25) is 0 Å². The van der Waals surface area contributed by atoms with Crippen molar-refractivity contribution in [1.29, 1.82) is 0 Å². The summed E-state index contributed by atoms with van der Waals surface area (Å²) in [6.45, 7) is 1.35. The van der Waals surface area contributed by atoms with Crippen LogP contribution in [0, 0.1) is 0 Å². The Morgan fingerprint density at radius 3 is 1.96 bits per heavy atom. The van der Waals surface area contributed by atoms with Crippen LogP contribution in [0.2, 0.25) is 0 Å². The van der Waals surface area contributed by atoms with Crippen molar-refractivity contribution in [3.05, 3.63) is 54.1 Å². The van der Waals surface area contributed by atoms with Crippen LogP contribution in [0.5, 0.6) is 0 Å². The predicted octanol–water partition coefficient (Wildman–Crippen LogP) is 2.06. The molecule has 6 nitrogen and oxygen atoms in total. The summed E-state index contributed by atoms with van der Waals surface area (Å²) in [5.41, 5.74) is 3.77. The molecule has 0 unspecified atom stereocenters. The lowest BCUT2D eigenvalue weighted by atomic mass is 10.0. The van der Waals surface area contributed by atoms with Crippen molar-refractivity contribution in [2.75, 3.05) is 6.26 Å². The van der Waals surface area contributed by atoms with Gasteiger partial charge < -0.3 is 10.4 Å². The van der Waals surface area contributed by atoms with E-state index in [0.717, 1.165) is 11.1 Å². The molecule has 0 aliphatic carbocycles. The molecule has 0 bridgehead atoms. The molecule has 7 heteroatoms. The number of thioether (sulfide) groups is 1. The van der Waals surface area contributed by atoms with Crippen LogP contribution in [0.1, 0.15) is 17.3 Å². The molecule has 0 aliphatic rings. The lowest BCUT2D eigenvalue weighted by Gasteiger charge is -2.19. The van der Waals surface area contributed by atoms with Crippen LogP contribution in [0.25, 0.3) is 11.1 Å². The molecule has 0 spiro atoms. The molecule has 0 aromatic heterocycles. The van der Waals surface area contributed by atoms with Gasteiger partial charge in [0, 0.05) is 10.5 Å². The summed E-state index contributed by atoms with van der Waals surface area (Å²) in [5, 5.41) is 20.6. The maximum absolute atomic E-state index is 12.2. The molecule has 0 saturated carbocycles. The van der Waals surface area contributed by atoms with E-state index in [1.807, 2.05) is 42.7 Å². The van der Waals surface area contributed by atoms with Crippen molar-refractivity contribution in [3.8, 4) is 11.1 Å². The maximum Gasteiger partial charge on any atom is 0.268 e. The molecule has 2 rings (SSSR count). The number of carbonyl (C=O) groups excluding carboxylic acids is 2. The first-order chi connectivity index (χ1) is 12.0. The number of aliphatic hydroxyl groups is 1. The highest BCUT2D eigenvalue weighted by atomic mass is 32.2. The quantitative estimate of drug-likeness (QED) is 0.359. The van der Waals surface area contributed by atoms with E-state index in [1.54, 1.807) is 23.9 Å². The second-order valence-corrected chi connectivity index (χ2v) is 6.35. The van der Waals surface area contributed by atoms with Gasteiger partial charge in [-0.15, -0.1) is 11.8 Å². The highest BCUT2D eigenvalue weighted by Crippen LogP contribution is 2.23. The minimum absolute atomic E-state index is 0.348. The van der Waals surface area contributed by atoms with Gasteiger partial charge in [-0.2, -0.15) is 0 Å². The Morgan fingerprint density at radius 2 is 1.52 bits per heavy atom. The number of carbonyl (C=O) groups is 2. The van der Waals surface area contributed by atoms with Crippen molar-refractivity contribution >= 4 is 23.6 Å². The summed E-state index contributed by atoms with van der Waals surface area (Å²) in [4.78, 5) is 24.9. The van der Waals surface area contributed by atoms with E-state index in [0.29, 0.717) is 5.56 Å². The summed E-state index contributed by atoms with van der Waals surface area (Å²) in [6.07, 6.45) is 0.866. The molecule has 4 N–H and O–H groups in total. The zero-order valence-electron chi connectivity index (χ0n) is 13.9. The molecule has 0 fully saturated rings. The number of hydrogen-bond donors (Lipinski definition) is 4. The van der Waals surface area contributed by atoms with E-state index >= 15 is 0 Å². The van der Waals surface area contributed by atoms with Crippen LogP contribution in [-0.2, 0) is 4.79 Å². The first-order valence-electron chi connectivity index (χ1n) is 7.63. The molecule has 25 heavy (non-hydrogen) atoms.